The number of halogens is 5. The van der Waals surface area contributed by atoms with Crippen molar-refractivity contribution in [1.82, 2.24) is 55.2 Å². The highest BCUT2D eigenvalue weighted by atomic mass is 35.5. The molecule has 32 heteroatoms. The van der Waals surface area contributed by atoms with Crippen molar-refractivity contribution >= 4 is 110 Å². The number of hydrogen-bond acceptors (Lipinski definition) is 21. The fraction of sp³-hybridized carbons (Fsp3) is 0.464. The summed E-state index contributed by atoms with van der Waals surface area (Å²) in [7, 11) is -3.56. The maximum atomic E-state index is 13.5. The molecule has 4 fully saturated rings. The first-order valence-corrected chi connectivity index (χ1v) is 32.1. The molecule has 7 N–H and O–H groups in total. The molecule has 4 aliphatic heterocycles. The van der Waals surface area contributed by atoms with Gasteiger partial charge >= 0.3 is 0 Å². The topological polar surface area (TPSA) is 364 Å². The SMILES string of the molecule is CC[C@]12CCC(CC1=O)C2(C)C.CS(=O)(=O)c1ncc(Cl)c(C(N)=O)n1.CSc1ncc(Cl)c(C(N)=O)n1.NC(=O)c1nc(N2CCC(C(=O)N3N=CC[C@H]3c3cncc(F)c3)CC2)ncc1Cl.O=C(C1CCNCC1)N1N=CC[C@H]1c1cncc(F)c1. The molecule has 2 aliphatic carbocycles. The van der Waals surface area contributed by atoms with Gasteiger partial charge in [-0.3, -0.25) is 38.7 Å². The second-order valence-corrected chi connectivity index (χ2v) is 25.7. The van der Waals surface area contributed by atoms with Gasteiger partial charge in [0.25, 0.3) is 17.7 Å². The predicted octanol–water partition coefficient (Wildman–Crippen LogP) is 6.79. The smallest absolute Gasteiger partial charge is 0.269 e. The monoisotopic (exact) mass is 1310 g/mol. The molecular formula is C56H66Cl3F2N17O8S2. The number of ketones is 1. The van der Waals surface area contributed by atoms with Crippen molar-refractivity contribution in [1.29, 1.82) is 0 Å². The molecule has 88 heavy (non-hydrogen) atoms. The lowest BCUT2D eigenvalue weighted by atomic mass is 9.67. The summed E-state index contributed by atoms with van der Waals surface area (Å²) >= 11 is 18.4. The van der Waals surface area contributed by atoms with Gasteiger partial charge in [0.1, 0.15) is 17.4 Å². The highest BCUT2D eigenvalue weighted by Gasteiger charge is 2.62. The van der Waals surface area contributed by atoms with Crippen LogP contribution in [-0.4, -0.2) is 145 Å². The van der Waals surface area contributed by atoms with Gasteiger partial charge in [-0.25, -0.2) is 57.1 Å². The van der Waals surface area contributed by atoms with E-state index in [1.165, 1.54) is 52.7 Å². The Morgan fingerprint density at radius 3 is 1.60 bits per heavy atom. The van der Waals surface area contributed by atoms with Crippen LogP contribution in [0.15, 0.2) is 76.0 Å². The number of Topliss-reactive ketones (excluding diaryl/α,β-unsaturated/α-hetero) is 1. The molecular weight excluding hydrogens is 1250 g/mol. The lowest BCUT2D eigenvalue weighted by Crippen LogP contribution is -2.41. The first kappa shape index (κ1) is 68.2. The van der Waals surface area contributed by atoms with Crippen molar-refractivity contribution in [2.45, 2.75) is 107 Å². The zero-order valence-corrected chi connectivity index (χ0v) is 52.6. The summed E-state index contributed by atoms with van der Waals surface area (Å²) in [5.74, 6) is -1.81. The molecule has 6 aliphatic rings. The number of nitrogens with zero attached hydrogens (tertiary/aromatic N) is 13. The molecule has 11 rings (SSSR count). The average molecular weight is 1310 g/mol. The Bertz CT molecular complexity index is 3600. The molecule has 25 nitrogen and oxygen atoms in total. The largest absolute Gasteiger partial charge is 0.364 e. The van der Waals surface area contributed by atoms with E-state index in [2.05, 4.69) is 76.2 Å². The number of nitrogens with two attached hydrogens (primary N) is 3. The first-order valence-electron chi connectivity index (χ1n) is 27.8. The van der Waals surface area contributed by atoms with Crippen LogP contribution in [0, 0.1) is 40.2 Å². The van der Waals surface area contributed by atoms with Gasteiger partial charge in [0, 0.05) is 80.7 Å². The van der Waals surface area contributed by atoms with Crippen LogP contribution in [0.1, 0.15) is 140 Å². The van der Waals surface area contributed by atoms with Crippen LogP contribution in [-0.2, 0) is 24.2 Å². The van der Waals surface area contributed by atoms with Crippen molar-refractivity contribution < 1.29 is 46.0 Å². The maximum Gasteiger partial charge on any atom is 0.269 e. The van der Waals surface area contributed by atoms with Crippen molar-refractivity contribution in [2.24, 2.45) is 56.0 Å². The van der Waals surface area contributed by atoms with Crippen LogP contribution in [0.5, 0.6) is 0 Å². The third kappa shape index (κ3) is 16.1. The molecule has 0 aromatic carbocycles. The van der Waals surface area contributed by atoms with Gasteiger partial charge in [-0.15, -0.1) is 0 Å². The maximum absolute atomic E-state index is 13.5. The number of thioether (sulfide) groups is 1. The highest BCUT2D eigenvalue weighted by Crippen LogP contribution is 2.65. The first-order chi connectivity index (χ1) is 41.7. The number of hydrazone groups is 2. The van der Waals surface area contributed by atoms with Crippen molar-refractivity contribution in [3.63, 3.8) is 0 Å². The summed E-state index contributed by atoms with van der Waals surface area (Å²) in [6.07, 6.45) is 23.6. The lowest BCUT2D eigenvalue weighted by Gasteiger charge is -2.35. The molecule has 4 atom stereocenters. The zero-order valence-electron chi connectivity index (χ0n) is 48.7. The second kappa shape index (κ2) is 29.8. The highest BCUT2D eigenvalue weighted by molar-refractivity contribution is 7.98. The Labute approximate surface area is 525 Å². The minimum absolute atomic E-state index is 0.00974. The summed E-state index contributed by atoms with van der Waals surface area (Å²) < 4.78 is 48.8. The fourth-order valence-corrected chi connectivity index (χ4v) is 12.8. The second-order valence-electron chi connectivity index (χ2n) is 21.8. The molecule has 0 spiro atoms. The van der Waals surface area contributed by atoms with Crippen LogP contribution in [0.25, 0.3) is 0 Å². The minimum Gasteiger partial charge on any atom is -0.364 e. The zero-order chi connectivity index (χ0) is 64.3. The molecule has 0 radical (unpaired) electrons. The summed E-state index contributed by atoms with van der Waals surface area (Å²) in [6.45, 7) is 9.53. The predicted molar refractivity (Wildman–Crippen MR) is 325 cm³/mol. The minimum atomic E-state index is -3.56. The molecule has 5 aromatic rings. The van der Waals surface area contributed by atoms with Crippen LogP contribution < -0.4 is 27.4 Å². The molecule has 9 heterocycles. The van der Waals surface area contributed by atoms with Gasteiger partial charge in [0.15, 0.2) is 22.2 Å². The Hall–Kier alpha value is -7.31. The number of anilines is 1. The van der Waals surface area contributed by atoms with E-state index in [1.54, 1.807) is 31.1 Å². The number of carbonyl (C=O) groups excluding carboxylic acids is 6. The third-order valence-corrected chi connectivity index (χ3v) is 18.5. The van der Waals surface area contributed by atoms with E-state index in [-0.39, 0.29) is 79.1 Å². The summed E-state index contributed by atoms with van der Waals surface area (Å²) in [5.41, 5.74) is 16.6. The van der Waals surface area contributed by atoms with Crippen molar-refractivity contribution in [3.8, 4) is 0 Å². The quantitative estimate of drug-likeness (QED) is 0.0780. The number of sulfone groups is 1. The number of nitrogens with one attached hydrogen (secondary N) is 1. The Kier molecular flexibility index (Phi) is 23.1. The van der Waals surface area contributed by atoms with E-state index in [4.69, 9.17) is 52.0 Å². The molecule has 2 saturated heterocycles. The number of amides is 5. The number of rotatable bonds is 11. The third-order valence-electron chi connectivity index (χ3n) is 16.3. The van der Waals surface area contributed by atoms with Gasteiger partial charge < -0.3 is 27.4 Å². The molecule has 1 unspecified atom stereocenters. The number of primary amides is 3. The van der Waals surface area contributed by atoms with E-state index < -0.39 is 38.5 Å². The number of aromatic nitrogens is 8. The van der Waals surface area contributed by atoms with E-state index in [0.717, 1.165) is 70.0 Å². The van der Waals surface area contributed by atoms with Crippen LogP contribution in [0.2, 0.25) is 15.1 Å². The van der Waals surface area contributed by atoms with Gasteiger partial charge in [-0.1, -0.05) is 67.3 Å². The van der Waals surface area contributed by atoms with Crippen LogP contribution in [0.4, 0.5) is 14.7 Å². The molecule has 2 bridgehead atoms. The van der Waals surface area contributed by atoms with Crippen LogP contribution in [0.3, 0.4) is 0 Å². The van der Waals surface area contributed by atoms with Gasteiger partial charge in [-0.05, 0) is 98.9 Å². The summed E-state index contributed by atoms with van der Waals surface area (Å²) in [5, 5.41) is 14.8. The normalized spacial score (nSPS) is 21.0. The molecule has 2 saturated carbocycles. The van der Waals surface area contributed by atoms with Crippen molar-refractivity contribution in [2.75, 3.05) is 43.6 Å². The molecule has 5 amide bonds. The molecule has 5 aromatic heterocycles. The van der Waals surface area contributed by atoms with E-state index in [0.29, 0.717) is 78.1 Å². The Morgan fingerprint density at radius 2 is 1.17 bits per heavy atom. The number of hydrogen-bond donors (Lipinski definition) is 4. The average Bonchev–Trinajstić information content (AvgIpc) is 1.59. The Balaban J connectivity index is 0.000000166. The number of pyridine rings is 2. The van der Waals surface area contributed by atoms with E-state index in [1.807, 2.05) is 4.90 Å². The summed E-state index contributed by atoms with van der Waals surface area (Å²) in [6, 6.07) is 2.23. The summed E-state index contributed by atoms with van der Waals surface area (Å²) in [4.78, 5) is 103. The number of carbonyl (C=O) groups is 6. The number of piperidine rings is 2. The molecule has 470 valence electrons. The van der Waals surface area contributed by atoms with E-state index >= 15 is 0 Å². The lowest BCUT2D eigenvalue weighted by molar-refractivity contribution is -0.138. The van der Waals surface area contributed by atoms with Gasteiger partial charge in [0.05, 0.1) is 58.1 Å². The van der Waals surface area contributed by atoms with Crippen molar-refractivity contribution in [3.05, 3.63) is 110 Å². The van der Waals surface area contributed by atoms with E-state index in [9.17, 15) is 46.0 Å². The van der Waals surface area contributed by atoms with Gasteiger partial charge in [0.2, 0.25) is 32.8 Å². The van der Waals surface area contributed by atoms with Gasteiger partial charge in [-0.2, -0.15) is 10.2 Å². The fourth-order valence-electron chi connectivity index (χ4n) is 11.4. The standard InChI is InChI=1S/C19H19ClFN7O2.C14H17FN4O.C11H18O.C6H6ClN3O3S.C6H6ClN3OS/c20-14-10-24-19(26-16(14)17(22)29)27-5-2-11(3-6-27)18(30)28-15(1-4-25-28)12-7-13(21)9-23-8-12;15-12-7-11(8-17-9-12)13-3-6-18-19(13)14(20)10-1-4-16-5-2-10;1-4-11-6-5-8(7-9(11)12)10(11,2)3;1-14(12,13)6-9-2-3(7)4(10-6)5(8)11;1-12-6-9-2-3(7)4(10-6)5(8)11/h4,7-11,15H,1-3,5-6H2,(H2,22,29);6-10,13,16H,1-5H2;8H,4-7H2,1-3H3;2H,1H3,(H2,8,11);2H,1H3,(H2,8,11)/t15-;13-;8?,11-;;/m000../s1. The van der Waals surface area contributed by atoms with Crippen LogP contribution >= 0.6 is 46.6 Å². The Morgan fingerprint density at radius 1 is 0.693 bits per heavy atom. The number of fused-ring (bicyclic) bond motifs is 2.